The van der Waals surface area contributed by atoms with E-state index in [-0.39, 0.29) is 23.7 Å². The van der Waals surface area contributed by atoms with Crippen LogP contribution in [0.1, 0.15) is 11.7 Å². The SMILES string of the molecule is O=S1(=O)C[C@@H](N2CCO[C@@H](c3ccccc3Cl)C2)[C@@H](O)C1. The molecule has 2 saturated heterocycles. The number of aliphatic hydroxyl groups is 1. The van der Waals surface area contributed by atoms with Gasteiger partial charge in [0.1, 0.15) is 0 Å². The maximum atomic E-state index is 11.7. The molecule has 1 N–H and O–H groups in total. The molecule has 0 bridgehead atoms. The van der Waals surface area contributed by atoms with Gasteiger partial charge in [0.15, 0.2) is 9.84 Å². The van der Waals surface area contributed by atoms with Gasteiger partial charge in [-0.05, 0) is 6.07 Å². The lowest BCUT2D eigenvalue weighted by molar-refractivity contribution is -0.0567. The number of sulfone groups is 1. The second-order valence-electron chi connectivity index (χ2n) is 5.59. The van der Waals surface area contributed by atoms with Crippen molar-refractivity contribution in [2.75, 3.05) is 31.2 Å². The van der Waals surface area contributed by atoms with Gasteiger partial charge in [-0.1, -0.05) is 29.8 Å². The molecule has 2 aliphatic rings. The van der Waals surface area contributed by atoms with Crippen LogP contribution >= 0.6 is 11.6 Å². The molecule has 116 valence electrons. The maximum absolute atomic E-state index is 11.7. The van der Waals surface area contributed by atoms with Crippen LogP contribution < -0.4 is 0 Å². The highest BCUT2D eigenvalue weighted by Gasteiger charge is 2.41. The molecule has 3 rings (SSSR count). The third-order valence-electron chi connectivity index (χ3n) is 4.11. The van der Waals surface area contributed by atoms with Gasteiger partial charge in [-0.15, -0.1) is 0 Å². The Bertz CT molecular complexity index is 621. The fourth-order valence-electron chi connectivity index (χ4n) is 3.05. The lowest BCUT2D eigenvalue weighted by Crippen LogP contribution is -2.49. The average molecular weight is 332 g/mol. The fraction of sp³-hybridized carbons (Fsp3) is 0.571. The Hall–Kier alpha value is -0.660. The topological polar surface area (TPSA) is 66.8 Å². The van der Waals surface area contributed by atoms with Crippen LogP contribution in [0.3, 0.4) is 0 Å². The van der Waals surface area contributed by atoms with Crippen LogP contribution in [0.5, 0.6) is 0 Å². The van der Waals surface area contributed by atoms with Crippen molar-refractivity contribution in [3.8, 4) is 0 Å². The molecule has 21 heavy (non-hydrogen) atoms. The van der Waals surface area contributed by atoms with Crippen LogP contribution in [-0.4, -0.2) is 61.8 Å². The largest absolute Gasteiger partial charge is 0.390 e. The minimum atomic E-state index is -3.14. The minimum absolute atomic E-state index is 0.0173. The van der Waals surface area contributed by atoms with Crippen LogP contribution in [0.25, 0.3) is 0 Å². The van der Waals surface area contributed by atoms with E-state index in [2.05, 4.69) is 0 Å². The lowest BCUT2D eigenvalue weighted by Gasteiger charge is -2.37. The van der Waals surface area contributed by atoms with Crippen LogP contribution in [0.4, 0.5) is 0 Å². The van der Waals surface area contributed by atoms with E-state index >= 15 is 0 Å². The van der Waals surface area contributed by atoms with Gasteiger partial charge in [0.2, 0.25) is 0 Å². The van der Waals surface area contributed by atoms with Crippen molar-refractivity contribution in [3.63, 3.8) is 0 Å². The van der Waals surface area contributed by atoms with Crippen molar-refractivity contribution in [2.45, 2.75) is 18.2 Å². The molecule has 2 aliphatic heterocycles. The number of benzene rings is 1. The van der Waals surface area contributed by atoms with Gasteiger partial charge in [-0.25, -0.2) is 8.42 Å². The number of hydrogen-bond donors (Lipinski definition) is 1. The van der Waals surface area contributed by atoms with E-state index < -0.39 is 15.9 Å². The molecule has 2 fully saturated rings. The zero-order chi connectivity index (χ0) is 15.0. The van der Waals surface area contributed by atoms with Gasteiger partial charge in [0, 0.05) is 23.7 Å². The van der Waals surface area contributed by atoms with Gasteiger partial charge in [0.25, 0.3) is 0 Å². The van der Waals surface area contributed by atoms with Crippen molar-refractivity contribution in [1.82, 2.24) is 4.90 Å². The molecule has 0 aliphatic carbocycles. The molecule has 0 amide bonds. The zero-order valence-electron chi connectivity index (χ0n) is 11.5. The third kappa shape index (κ3) is 3.24. The van der Waals surface area contributed by atoms with Crippen LogP contribution in [-0.2, 0) is 14.6 Å². The Morgan fingerprint density at radius 3 is 2.71 bits per heavy atom. The Morgan fingerprint density at radius 2 is 2.05 bits per heavy atom. The van der Waals surface area contributed by atoms with E-state index in [9.17, 15) is 13.5 Å². The predicted molar refractivity (Wildman–Crippen MR) is 80.2 cm³/mol. The third-order valence-corrected chi connectivity index (χ3v) is 6.16. The first-order chi connectivity index (χ1) is 9.96. The second kappa shape index (κ2) is 5.85. The number of aliphatic hydroxyl groups excluding tert-OH is 1. The monoisotopic (exact) mass is 331 g/mol. The van der Waals surface area contributed by atoms with Gasteiger partial charge < -0.3 is 9.84 Å². The van der Waals surface area contributed by atoms with Crippen molar-refractivity contribution in [3.05, 3.63) is 34.9 Å². The highest BCUT2D eigenvalue weighted by molar-refractivity contribution is 7.91. The Morgan fingerprint density at radius 1 is 1.29 bits per heavy atom. The quantitative estimate of drug-likeness (QED) is 0.871. The summed E-state index contributed by atoms with van der Waals surface area (Å²) < 4.78 is 29.1. The highest BCUT2D eigenvalue weighted by atomic mass is 35.5. The van der Waals surface area contributed by atoms with Crippen molar-refractivity contribution in [2.24, 2.45) is 0 Å². The van der Waals surface area contributed by atoms with Gasteiger partial charge in [-0.3, -0.25) is 4.90 Å². The standard InChI is InChI=1S/C14H18ClNO4S/c15-11-4-2-1-3-10(11)14-7-16(5-6-20-14)12-8-21(18,19)9-13(12)17/h1-4,12-14,17H,5-9H2/t12-,13+,14-/m1/s1. The maximum Gasteiger partial charge on any atom is 0.154 e. The van der Waals surface area contributed by atoms with Crippen molar-refractivity contribution in [1.29, 1.82) is 0 Å². The predicted octanol–water partition coefficient (Wildman–Crippen LogP) is 0.871. The number of ether oxygens (including phenoxy) is 1. The average Bonchev–Trinajstić information content (AvgIpc) is 2.73. The number of halogens is 1. The molecule has 1 aromatic rings. The molecule has 7 heteroatoms. The molecule has 0 spiro atoms. The summed E-state index contributed by atoms with van der Waals surface area (Å²) in [7, 11) is -3.14. The first-order valence-corrected chi connectivity index (χ1v) is 9.15. The van der Waals surface area contributed by atoms with Crippen LogP contribution in [0.2, 0.25) is 5.02 Å². The summed E-state index contributed by atoms with van der Waals surface area (Å²) in [6.45, 7) is 1.67. The first kappa shape index (κ1) is 15.2. The molecule has 0 radical (unpaired) electrons. The fourth-order valence-corrected chi connectivity index (χ4v) is 5.14. The van der Waals surface area contributed by atoms with Gasteiger partial charge in [-0.2, -0.15) is 0 Å². The molecular formula is C14H18ClNO4S. The Balaban J connectivity index is 1.76. The molecular weight excluding hydrogens is 314 g/mol. The lowest BCUT2D eigenvalue weighted by atomic mass is 10.1. The zero-order valence-corrected chi connectivity index (χ0v) is 13.1. The Labute approximate surface area is 129 Å². The summed E-state index contributed by atoms with van der Waals surface area (Å²) >= 11 is 6.20. The number of morpholine rings is 1. The smallest absolute Gasteiger partial charge is 0.154 e. The second-order valence-corrected chi connectivity index (χ2v) is 8.15. The Kier molecular flexibility index (Phi) is 4.25. The van der Waals surface area contributed by atoms with E-state index in [0.29, 0.717) is 24.7 Å². The molecule has 3 atom stereocenters. The number of nitrogens with zero attached hydrogens (tertiary/aromatic N) is 1. The summed E-state index contributed by atoms with van der Waals surface area (Å²) in [4.78, 5) is 2.01. The molecule has 0 aromatic heterocycles. The van der Waals surface area contributed by atoms with Crippen LogP contribution in [0.15, 0.2) is 24.3 Å². The van der Waals surface area contributed by atoms with E-state index in [1.807, 2.05) is 29.2 Å². The van der Waals surface area contributed by atoms with Gasteiger partial charge in [0.05, 0.1) is 36.4 Å². The summed E-state index contributed by atoms with van der Waals surface area (Å²) in [5.74, 6) is -0.130. The summed E-state index contributed by atoms with van der Waals surface area (Å²) in [6.07, 6.45) is -1.01. The summed E-state index contributed by atoms with van der Waals surface area (Å²) in [5, 5.41) is 10.6. The van der Waals surface area contributed by atoms with Gasteiger partial charge >= 0.3 is 0 Å². The number of rotatable bonds is 2. The molecule has 5 nitrogen and oxygen atoms in total. The highest BCUT2D eigenvalue weighted by Crippen LogP contribution is 2.30. The molecule has 2 heterocycles. The minimum Gasteiger partial charge on any atom is -0.390 e. The van der Waals surface area contributed by atoms with E-state index in [0.717, 1.165) is 5.56 Å². The van der Waals surface area contributed by atoms with Crippen molar-refractivity contribution >= 4 is 21.4 Å². The van der Waals surface area contributed by atoms with Crippen LogP contribution in [0, 0.1) is 0 Å². The normalized spacial score (nSPS) is 33.1. The van der Waals surface area contributed by atoms with Crippen molar-refractivity contribution < 1.29 is 18.3 Å². The molecule has 0 saturated carbocycles. The molecule has 1 aromatic carbocycles. The van der Waals surface area contributed by atoms with E-state index in [1.54, 1.807) is 0 Å². The first-order valence-electron chi connectivity index (χ1n) is 6.95. The number of hydrogen-bond acceptors (Lipinski definition) is 5. The van der Waals surface area contributed by atoms with E-state index in [1.165, 1.54) is 0 Å². The molecule has 0 unspecified atom stereocenters. The van der Waals surface area contributed by atoms with E-state index in [4.69, 9.17) is 16.3 Å². The summed E-state index contributed by atoms with van der Waals surface area (Å²) in [6, 6.07) is 7.15. The summed E-state index contributed by atoms with van der Waals surface area (Å²) in [5.41, 5.74) is 0.902.